The van der Waals surface area contributed by atoms with E-state index in [9.17, 15) is 9.18 Å². The van der Waals surface area contributed by atoms with Crippen LogP contribution in [0.5, 0.6) is 0 Å². The van der Waals surface area contributed by atoms with E-state index in [2.05, 4.69) is 25.9 Å². The van der Waals surface area contributed by atoms with Gasteiger partial charge in [-0.25, -0.2) is 4.39 Å². The SMILES string of the molecule is Cc1cc(NC(=O)CCn2nnc(-c3ccc(F)c(C)c3)n2)no1. The number of carbonyl (C=O) groups excluding carboxylic acids is 1. The Kier molecular flexibility index (Phi) is 4.32. The van der Waals surface area contributed by atoms with Crippen LogP contribution in [0.1, 0.15) is 17.7 Å². The Morgan fingerprint density at radius 1 is 1.33 bits per heavy atom. The van der Waals surface area contributed by atoms with Crippen LogP contribution in [-0.4, -0.2) is 31.3 Å². The summed E-state index contributed by atoms with van der Waals surface area (Å²) < 4.78 is 18.2. The molecule has 3 aromatic rings. The minimum absolute atomic E-state index is 0.157. The Morgan fingerprint density at radius 3 is 2.88 bits per heavy atom. The fraction of sp³-hybridized carbons (Fsp3) is 0.267. The Hall–Kier alpha value is -3.10. The molecule has 8 nitrogen and oxygen atoms in total. The predicted octanol–water partition coefficient (Wildman–Crippen LogP) is 2.11. The molecule has 9 heteroatoms. The summed E-state index contributed by atoms with van der Waals surface area (Å²) in [6.07, 6.45) is 0.157. The smallest absolute Gasteiger partial charge is 0.227 e. The van der Waals surface area contributed by atoms with E-state index in [1.165, 1.54) is 10.9 Å². The summed E-state index contributed by atoms with van der Waals surface area (Å²) in [5.41, 5.74) is 1.17. The fourth-order valence-electron chi connectivity index (χ4n) is 2.07. The molecule has 0 aliphatic rings. The van der Waals surface area contributed by atoms with Gasteiger partial charge in [0, 0.05) is 18.1 Å². The predicted molar refractivity (Wildman–Crippen MR) is 82.4 cm³/mol. The van der Waals surface area contributed by atoms with Gasteiger partial charge in [-0.15, -0.1) is 10.2 Å². The maximum atomic E-state index is 13.3. The molecule has 0 unspecified atom stereocenters. The molecular formula is C15H15FN6O2. The van der Waals surface area contributed by atoms with Gasteiger partial charge in [-0.3, -0.25) is 4.79 Å². The van der Waals surface area contributed by atoms with Crippen molar-refractivity contribution in [2.24, 2.45) is 0 Å². The molecule has 0 fully saturated rings. The van der Waals surface area contributed by atoms with Crippen LogP contribution in [0.2, 0.25) is 0 Å². The highest BCUT2D eigenvalue weighted by Crippen LogP contribution is 2.17. The van der Waals surface area contributed by atoms with Crippen molar-refractivity contribution in [3.63, 3.8) is 0 Å². The number of anilines is 1. The molecule has 0 saturated heterocycles. The second-order valence-corrected chi connectivity index (χ2v) is 5.29. The van der Waals surface area contributed by atoms with E-state index in [1.54, 1.807) is 32.0 Å². The van der Waals surface area contributed by atoms with E-state index in [-0.39, 0.29) is 24.7 Å². The minimum Gasteiger partial charge on any atom is -0.360 e. The normalized spacial score (nSPS) is 10.8. The summed E-state index contributed by atoms with van der Waals surface area (Å²) in [5.74, 6) is 0.838. The maximum absolute atomic E-state index is 13.3. The van der Waals surface area contributed by atoms with Crippen LogP contribution in [0.15, 0.2) is 28.8 Å². The monoisotopic (exact) mass is 330 g/mol. The van der Waals surface area contributed by atoms with Crippen LogP contribution < -0.4 is 5.32 Å². The van der Waals surface area contributed by atoms with Crippen LogP contribution in [0.3, 0.4) is 0 Å². The van der Waals surface area contributed by atoms with E-state index in [0.29, 0.717) is 28.5 Å². The van der Waals surface area contributed by atoms with Crippen molar-refractivity contribution >= 4 is 11.7 Å². The molecule has 0 saturated carbocycles. The Bertz CT molecular complexity index is 872. The first-order valence-electron chi connectivity index (χ1n) is 7.29. The van der Waals surface area contributed by atoms with Crippen LogP contribution in [0.4, 0.5) is 10.2 Å². The van der Waals surface area contributed by atoms with Crippen LogP contribution in [0.25, 0.3) is 11.4 Å². The van der Waals surface area contributed by atoms with Crippen molar-refractivity contribution in [3.8, 4) is 11.4 Å². The highest BCUT2D eigenvalue weighted by atomic mass is 19.1. The fourth-order valence-corrected chi connectivity index (χ4v) is 2.07. The van der Waals surface area contributed by atoms with Gasteiger partial charge in [0.15, 0.2) is 5.82 Å². The van der Waals surface area contributed by atoms with Gasteiger partial charge in [-0.05, 0) is 42.8 Å². The molecule has 0 aliphatic heterocycles. The van der Waals surface area contributed by atoms with Crippen molar-refractivity contribution < 1.29 is 13.7 Å². The van der Waals surface area contributed by atoms with Gasteiger partial charge in [0.05, 0.1) is 6.54 Å². The van der Waals surface area contributed by atoms with Gasteiger partial charge in [0.1, 0.15) is 11.6 Å². The third-order valence-corrected chi connectivity index (χ3v) is 3.30. The van der Waals surface area contributed by atoms with E-state index < -0.39 is 0 Å². The Morgan fingerprint density at radius 2 is 2.17 bits per heavy atom. The molecule has 0 atom stereocenters. The molecule has 1 amide bonds. The summed E-state index contributed by atoms with van der Waals surface area (Å²) >= 11 is 0. The van der Waals surface area contributed by atoms with E-state index in [4.69, 9.17) is 4.52 Å². The molecule has 0 aliphatic carbocycles. The molecule has 0 bridgehead atoms. The third-order valence-electron chi connectivity index (χ3n) is 3.30. The molecule has 1 aromatic carbocycles. The third kappa shape index (κ3) is 3.62. The summed E-state index contributed by atoms with van der Waals surface area (Å²) in [6.45, 7) is 3.66. The standard InChI is InChI=1S/C15H15FN6O2/c1-9-7-11(3-4-12(9)16)15-18-21-22(19-15)6-5-14(23)17-13-8-10(2)24-20-13/h3-4,7-8H,5-6H2,1-2H3,(H,17,20,23). The molecule has 0 spiro atoms. The Balaban J connectivity index is 1.59. The lowest BCUT2D eigenvalue weighted by atomic mass is 10.1. The van der Waals surface area contributed by atoms with Crippen molar-refractivity contribution in [1.29, 1.82) is 0 Å². The number of hydrogen-bond donors (Lipinski definition) is 1. The number of aromatic nitrogens is 5. The first kappa shape index (κ1) is 15.8. The topological polar surface area (TPSA) is 98.7 Å². The van der Waals surface area contributed by atoms with Crippen LogP contribution in [0, 0.1) is 19.7 Å². The number of rotatable bonds is 5. The quantitative estimate of drug-likeness (QED) is 0.769. The molecule has 2 heterocycles. The zero-order valence-electron chi connectivity index (χ0n) is 13.2. The first-order valence-corrected chi connectivity index (χ1v) is 7.29. The van der Waals surface area contributed by atoms with E-state index in [1.807, 2.05) is 0 Å². The summed E-state index contributed by atoms with van der Waals surface area (Å²) in [5, 5.41) is 18.3. The van der Waals surface area contributed by atoms with Crippen molar-refractivity contribution in [2.45, 2.75) is 26.8 Å². The molecule has 24 heavy (non-hydrogen) atoms. The number of halogens is 1. The van der Waals surface area contributed by atoms with Crippen molar-refractivity contribution in [2.75, 3.05) is 5.32 Å². The second kappa shape index (κ2) is 6.57. The largest absolute Gasteiger partial charge is 0.360 e. The number of nitrogens with one attached hydrogen (secondary N) is 1. The van der Waals surface area contributed by atoms with Crippen molar-refractivity contribution in [1.82, 2.24) is 25.4 Å². The summed E-state index contributed by atoms with van der Waals surface area (Å²) in [6, 6.07) is 6.22. The van der Waals surface area contributed by atoms with Gasteiger partial charge < -0.3 is 9.84 Å². The number of tetrazole rings is 1. The average Bonchev–Trinajstić information content (AvgIpc) is 3.17. The van der Waals surface area contributed by atoms with Gasteiger partial charge in [-0.1, -0.05) is 5.16 Å². The average molecular weight is 330 g/mol. The maximum Gasteiger partial charge on any atom is 0.227 e. The van der Waals surface area contributed by atoms with Gasteiger partial charge in [-0.2, -0.15) is 4.80 Å². The molecule has 3 rings (SSSR count). The Labute approximate surface area is 136 Å². The molecular weight excluding hydrogens is 315 g/mol. The summed E-state index contributed by atoms with van der Waals surface area (Å²) in [7, 11) is 0. The zero-order chi connectivity index (χ0) is 17.1. The van der Waals surface area contributed by atoms with Gasteiger partial charge in [0.25, 0.3) is 0 Å². The number of amides is 1. The molecule has 0 radical (unpaired) electrons. The minimum atomic E-state index is -0.286. The summed E-state index contributed by atoms with van der Waals surface area (Å²) in [4.78, 5) is 13.2. The number of aryl methyl sites for hydroxylation is 3. The molecule has 1 N–H and O–H groups in total. The number of benzene rings is 1. The van der Waals surface area contributed by atoms with E-state index >= 15 is 0 Å². The zero-order valence-corrected chi connectivity index (χ0v) is 13.2. The number of hydrogen-bond acceptors (Lipinski definition) is 6. The van der Waals surface area contributed by atoms with Crippen LogP contribution in [-0.2, 0) is 11.3 Å². The van der Waals surface area contributed by atoms with Gasteiger partial charge >= 0.3 is 0 Å². The molecule has 2 aromatic heterocycles. The number of nitrogens with zero attached hydrogens (tertiary/aromatic N) is 5. The first-order chi connectivity index (χ1) is 11.5. The van der Waals surface area contributed by atoms with Gasteiger partial charge in [0.2, 0.25) is 11.7 Å². The molecule has 124 valence electrons. The van der Waals surface area contributed by atoms with E-state index in [0.717, 1.165) is 0 Å². The van der Waals surface area contributed by atoms with Crippen LogP contribution >= 0.6 is 0 Å². The highest BCUT2D eigenvalue weighted by molar-refractivity contribution is 5.89. The lowest BCUT2D eigenvalue weighted by Crippen LogP contribution is -2.15. The highest BCUT2D eigenvalue weighted by Gasteiger charge is 2.10. The lowest BCUT2D eigenvalue weighted by molar-refractivity contribution is -0.116. The second-order valence-electron chi connectivity index (χ2n) is 5.29. The van der Waals surface area contributed by atoms with Crippen molar-refractivity contribution in [3.05, 3.63) is 41.4 Å². The number of carbonyl (C=O) groups is 1. The lowest BCUT2D eigenvalue weighted by Gasteiger charge is -2.00.